The number of hydrogen-bond donors (Lipinski definition) is 0. The zero-order chi connectivity index (χ0) is 20.9. The molecule has 1 heterocycles. The van der Waals surface area contributed by atoms with Gasteiger partial charge < -0.3 is 14.5 Å². The first-order chi connectivity index (χ1) is 14.6. The number of nitrogens with zero attached hydrogens (tertiary/aromatic N) is 2. The van der Waals surface area contributed by atoms with Gasteiger partial charge in [-0.2, -0.15) is 0 Å². The molecule has 1 aliphatic heterocycles. The molecule has 0 radical (unpaired) electrons. The second-order valence-electron chi connectivity index (χ2n) is 7.80. The molecule has 1 amide bonds. The van der Waals surface area contributed by atoms with E-state index in [0.717, 1.165) is 43.1 Å². The Balaban J connectivity index is 1.33. The summed E-state index contributed by atoms with van der Waals surface area (Å²) in [6.45, 7) is 8.01. The lowest BCUT2D eigenvalue weighted by atomic mass is 10.1. The minimum atomic E-state index is 0.103. The fraction of sp³-hybridized carbons (Fsp3) is 0.269. The summed E-state index contributed by atoms with van der Waals surface area (Å²) >= 11 is 0. The van der Waals surface area contributed by atoms with E-state index >= 15 is 0 Å². The summed E-state index contributed by atoms with van der Waals surface area (Å²) in [7, 11) is 0. The number of para-hydroxylation sites is 1. The van der Waals surface area contributed by atoms with Crippen LogP contribution in [0, 0.1) is 13.8 Å². The van der Waals surface area contributed by atoms with Crippen molar-refractivity contribution in [1.82, 2.24) is 4.90 Å². The normalized spacial score (nSPS) is 13.9. The Hall–Kier alpha value is -3.27. The van der Waals surface area contributed by atoms with Gasteiger partial charge in [-0.3, -0.25) is 4.79 Å². The van der Waals surface area contributed by atoms with E-state index in [2.05, 4.69) is 36.9 Å². The van der Waals surface area contributed by atoms with Gasteiger partial charge in [-0.1, -0.05) is 42.5 Å². The summed E-state index contributed by atoms with van der Waals surface area (Å²) in [5.41, 5.74) is 5.70. The molecular formula is C26H28N2O2. The van der Waals surface area contributed by atoms with Crippen LogP contribution in [0.5, 0.6) is 5.75 Å². The summed E-state index contributed by atoms with van der Waals surface area (Å²) in [6.07, 6.45) is 0. The van der Waals surface area contributed by atoms with Crippen molar-refractivity contribution in [2.75, 3.05) is 31.1 Å². The molecule has 0 aliphatic carbocycles. The maximum atomic E-state index is 12.9. The third-order valence-electron chi connectivity index (χ3n) is 5.83. The molecule has 1 saturated heterocycles. The van der Waals surface area contributed by atoms with E-state index in [-0.39, 0.29) is 5.91 Å². The number of rotatable bonds is 5. The molecule has 154 valence electrons. The highest BCUT2D eigenvalue weighted by molar-refractivity contribution is 5.94. The zero-order valence-corrected chi connectivity index (χ0v) is 17.7. The second-order valence-corrected chi connectivity index (χ2v) is 7.80. The minimum Gasteiger partial charge on any atom is -0.489 e. The van der Waals surface area contributed by atoms with E-state index in [0.29, 0.717) is 6.61 Å². The molecule has 1 fully saturated rings. The summed E-state index contributed by atoms with van der Waals surface area (Å²) in [5.74, 6) is 0.950. The molecular weight excluding hydrogens is 372 g/mol. The highest BCUT2D eigenvalue weighted by Crippen LogP contribution is 2.24. The van der Waals surface area contributed by atoms with Gasteiger partial charge in [0.1, 0.15) is 12.4 Å². The molecule has 0 aromatic heterocycles. The smallest absolute Gasteiger partial charge is 0.253 e. The fourth-order valence-corrected chi connectivity index (χ4v) is 3.84. The number of amides is 1. The number of ether oxygens (including phenoxy) is 1. The number of carbonyl (C=O) groups is 1. The van der Waals surface area contributed by atoms with Crippen LogP contribution in [0.15, 0.2) is 72.8 Å². The lowest BCUT2D eigenvalue weighted by molar-refractivity contribution is 0.0746. The predicted octanol–water partition coefficient (Wildman–Crippen LogP) is 4.84. The monoisotopic (exact) mass is 400 g/mol. The number of benzene rings is 3. The Morgan fingerprint density at radius 3 is 2.23 bits per heavy atom. The Morgan fingerprint density at radius 1 is 0.833 bits per heavy atom. The van der Waals surface area contributed by atoms with Crippen LogP contribution in [0.25, 0.3) is 0 Å². The van der Waals surface area contributed by atoms with E-state index in [1.807, 2.05) is 59.5 Å². The van der Waals surface area contributed by atoms with Gasteiger partial charge in [0.15, 0.2) is 0 Å². The summed E-state index contributed by atoms with van der Waals surface area (Å²) < 4.78 is 5.78. The van der Waals surface area contributed by atoms with Gasteiger partial charge >= 0.3 is 0 Å². The lowest BCUT2D eigenvalue weighted by Gasteiger charge is -2.37. The number of piperazine rings is 1. The summed E-state index contributed by atoms with van der Waals surface area (Å²) in [5, 5.41) is 0. The van der Waals surface area contributed by atoms with Crippen LogP contribution in [0.2, 0.25) is 0 Å². The van der Waals surface area contributed by atoms with E-state index < -0.39 is 0 Å². The van der Waals surface area contributed by atoms with Gasteiger partial charge in [0.2, 0.25) is 0 Å². The van der Waals surface area contributed by atoms with Gasteiger partial charge in [-0.25, -0.2) is 0 Å². The number of hydrogen-bond acceptors (Lipinski definition) is 3. The molecule has 0 N–H and O–H groups in total. The van der Waals surface area contributed by atoms with Crippen molar-refractivity contribution in [2.24, 2.45) is 0 Å². The van der Waals surface area contributed by atoms with Gasteiger partial charge in [0, 0.05) is 37.4 Å². The first kappa shape index (κ1) is 20.0. The average molecular weight is 401 g/mol. The van der Waals surface area contributed by atoms with Gasteiger partial charge in [0.25, 0.3) is 5.91 Å². The molecule has 0 atom stereocenters. The molecule has 1 aliphatic rings. The molecule has 0 saturated carbocycles. The van der Waals surface area contributed by atoms with Crippen molar-refractivity contribution in [2.45, 2.75) is 20.5 Å². The lowest BCUT2D eigenvalue weighted by Crippen LogP contribution is -2.49. The van der Waals surface area contributed by atoms with E-state index in [4.69, 9.17) is 4.74 Å². The molecule has 4 nitrogen and oxygen atoms in total. The average Bonchev–Trinajstić information content (AvgIpc) is 2.80. The molecule has 0 bridgehead atoms. The third kappa shape index (κ3) is 4.48. The Bertz CT molecular complexity index is 991. The largest absolute Gasteiger partial charge is 0.489 e. The van der Waals surface area contributed by atoms with Crippen LogP contribution in [-0.2, 0) is 6.61 Å². The molecule has 0 spiro atoms. The molecule has 4 rings (SSSR count). The summed E-state index contributed by atoms with van der Waals surface area (Å²) in [6, 6.07) is 24.0. The SMILES string of the molecule is Cc1cccc(N2CCN(C(=O)c3ccc(COc4ccccc4)cc3)CC2)c1C. The Labute approximate surface area is 178 Å². The Morgan fingerprint density at radius 2 is 1.53 bits per heavy atom. The van der Waals surface area contributed by atoms with Crippen LogP contribution in [0.1, 0.15) is 27.0 Å². The zero-order valence-electron chi connectivity index (χ0n) is 17.7. The fourth-order valence-electron chi connectivity index (χ4n) is 3.84. The van der Waals surface area contributed by atoms with Crippen LogP contribution in [0.3, 0.4) is 0 Å². The standard InChI is InChI=1S/C26H28N2O2/c1-20-7-6-10-25(21(20)2)27-15-17-28(18-16-27)26(29)23-13-11-22(12-14-23)19-30-24-8-4-3-5-9-24/h3-14H,15-19H2,1-2H3. The third-order valence-corrected chi connectivity index (χ3v) is 5.83. The van der Waals surface area contributed by atoms with Gasteiger partial charge in [-0.15, -0.1) is 0 Å². The molecule has 3 aromatic carbocycles. The molecule has 3 aromatic rings. The first-order valence-corrected chi connectivity index (χ1v) is 10.5. The van der Waals surface area contributed by atoms with Crippen LogP contribution in [-0.4, -0.2) is 37.0 Å². The van der Waals surface area contributed by atoms with E-state index in [9.17, 15) is 4.79 Å². The van der Waals surface area contributed by atoms with Crippen LogP contribution in [0.4, 0.5) is 5.69 Å². The van der Waals surface area contributed by atoms with Crippen molar-refractivity contribution in [3.63, 3.8) is 0 Å². The molecule has 0 unspecified atom stereocenters. The molecule has 4 heteroatoms. The quantitative estimate of drug-likeness (QED) is 0.614. The van der Waals surface area contributed by atoms with Crippen molar-refractivity contribution >= 4 is 11.6 Å². The highest BCUT2D eigenvalue weighted by Gasteiger charge is 2.23. The number of carbonyl (C=O) groups excluding carboxylic acids is 1. The molecule has 30 heavy (non-hydrogen) atoms. The van der Waals surface area contributed by atoms with Gasteiger partial charge in [0.05, 0.1) is 0 Å². The van der Waals surface area contributed by atoms with Crippen molar-refractivity contribution in [3.8, 4) is 5.75 Å². The maximum absolute atomic E-state index is 12.9. The van der Waals surface area contributed by atoms with Crippen LogP contribution < -0.4 is 9.64 Å². The van der Waals surface area contributed by atoms with Crippen molar-refractivity contribution in [1.29, 1.82) is 0 Å². The highest BCUT2D eigenvalue weighted by atomic mass is 16.5. The first-order valence-electron chi connectivity index (χ1n) is 10.5. The van der Waals surface area contributed by atoms with E-state index in [1.165, 1.54) is 16.8 Å². The number of anilines is 1. The summed E-state index contributed by atoms with van der Waals surface area (Å²) in [4.78, 5) is 17.3. The van der Waals surface area contributed by atoms with Gasteiger partial charge in [-0.05, 0) is 60.9 Å². The minimum absolute atomic E-state index is 0.103. The van der Waals surface area contributed by atoms with Crippen molar-refractivity contribution < 1.29 is 9.53 Å². The van der Waals surface area contributed by atoms with Crippen molar-refractivity contribution in [3.05, 3.63) is 95.1 Å². The maximum Gasteiger partial charge on any atom is 0.253 e. The van der Waals surface area contributed by atoms with E-state index in [1.54, 1.807) is 0 Å². The topological polar surface area (TPSA) is 32.8 Å². The predicted molar refractivity (Wildman–Crippen MR) is 121 cm³/mol. The number of aryl methyl sites for hydroxylation is 1. The second kappa shape index (κ2) is 9.04. The van der Waals surface area contributed by atoms with Crippen LogP contribution >= 0.6 is 0 Å². The Kier molecular flexibility index (Phi) is 6.03.